The highest BCUT2D eigenvalue weighted by Gasteiger charge is 2.21. The Bertz CT molecular complexity index is 586. The van der Waals surface area contributed by atoms with Crippen molar-refractivity contribution in [1.29, 1.82) is 0 Å². The van der Waals surface area contributed by atoms with Crippen LogP contribution in [0.15, 0.2) is 30.5 Å². The minimum atomic E-state index is 0.00738. The molecule has 0 saturated carbocycles. The smallest absolute Gasteiger partial charge is 0.251 e. The molecule has 4 heteroatoms. The van der Waals surface area contributed by atoms with Crippen molar-refractivity contribution < 1.29 is 4.79 Å². The number of hydrogen-bond acceptors (Lipinski definition) is 2. The first-order chi connectivity index (χ1) is 9.22. The maximum atomic E-state index is 12.1. The SMILES string of the molecule is Cc1ccc(C(=O)NC2CCc3cn[nH]c3C2)cc1. The van der Waals surface area contributed by atoms with E-state index in [0.29, 0.717) is 0 Å². The summed E-state index contributed by atoms with van der Waals surface area (Å²) < 4.78 is 0. The van der Waals surface area contributed by atoms with Gasteiger partial charge in [-0.15, -0.1) is 0 Å². The van der Waals surface area contributed by atoms with Gasteiger partial charge in [0, 0.05) is 23.7 Å². The average molecular weight is 255 g/mol. The molecule has 1 heterocycles. The molecule has 1 aliphatic carbocycles. The zero-order chi connectivity index (χ0) is 13.2. The molecule has 0 aliphatic heterocycles. The Kier molecular flexibility index (Phi) is 3.07. The molecular weight excluding hydrogens is 238 g/mol. The fraction of sp³-hybridized carbons (Fsp3) is 0.333. The van der Waals surface area contributed by atoms with E-state index in [2.05, 4.69) is 15.5 Å². The van der Waals surface area contributed by atoms with Crippen LogP contribution in [0.4, 0.5) is 0 Å². The van der Waals surface area contributed by atoms with Crippen LogP contribution < -0.4 is 5.32 Å². The second-order valence-electron chi connectivity index (χ2n) is 5.15. The topological polar surface area (TPSA) is 57.8 Å². The van der Waals surface area contributed by atoms with Gasteiger partial charge in [-0.25, -0.2) is 0 Å². The van der Waals surface area contributed by atoms with Crippen LogP contribution in [-0.2, 0) is 12.8 Å². The number of nitrogens with one attached hydrogen (secondary N) is 2. The monoisotopic (exact) mass is 255 g/mol. The number of H-pyrrole nitrogens is 1. The number of hydrogen-bond donors (Lipinski definition) is 2. The van der Waals surface area contributed by atoms with E-state index in [1.165, 1.54) is 5.56 Å². The molecule has 2 aromatic rings. The minimum absolute atomic E-state index is 0.00738. The van der Waals surface area contributed by atoms with E-state index >= 15 is 0 Å². The highest BCUT2D eigenvalue weighted by atomic mass is 16.1. The third-order valence-electron chi connectivity index (χ3n) is 3.67. The predicted octanol–water partition coefficient (Wildman–Crippen LogP) is 2.01. The van der Waals surface area contributed by atoms with Gasteiger partial charge in [-0.3, -0.25) is 9.89 Å². The molecule has 0 bridgehead atoms. The molecule has 1 aromatic carbocycles. The molecule has 1 aliphatic rings. The van der Waals surface area contributed by atoms with Crippen molar-refractivity contribution in [3.63, 3.8) is 0 Å². The van der Waals surface area contributed by atoms with Gasteiger partial charge in [-0.1, -0.05) is 17.7 Å². The van der Waals surface area contributed by atoms with Crippen molar-refractivity contribution in [2.24, 2.45) is 0 Å². The lowest BCUT2D eigenvalue weighted by Gasteiger charge is -2.22. The molecule has 19 heavy (non-hydrogen) atoms. The van der Waals surface area contributed by atoms with E-state index in [1.54, 1.807) is 0 Å². The number of aryl methyl sites for hydroxylation is 2. The van der Waals surface area contributed by atoms with E-state index in [4.69, 9.17) is 0 Å². The Morgan fingerprint density at radius 1 is 1.37 bits per heavy atom. The Labute approximate surface area is 112 Å². The standard InChI is InChI=1S/C15H17N3O/c1-10-2-4-11(5-3-10)15(19)17-13-7-6-12-9-16-18-14(12)8-13/h2-5,9,13H,6-8H2,1H3,(H,16,18)(H,17,19). The lowest BCUT2D eigenvalue weighted by Crippen LogP contribution is -2.38. The number of fused-ring (bicyclic) bond motifs is 1. The largest absolute Gasteiger partial charge is 0.349 e. The fourth-order valence-corrected chi connectivity index (χ4v) is 2.51. The molecule has 4 nitrogen and oxygen atoms in total. The summed E-state index contributed by atoms with van der Waals surface area (Å²) in [6, 6.07) is 7.86. The van der Waals surface area contributed by atoms with E-state index in [0.717, 1.165) is 36.1 Å². The Hall–Kier alpha value is -2.10. The normalized spacial score (nSPS) is 17.8. The molecule has 1 unspecified atom stereocenters. The summed E-state index contributed by atoms with van der Waals surface area (Å²) in [6.45, 7) is 2.02. The van der Waals surface area contributed by atoms with Gasteiger partial charge in [0.15, 0.2) is 0 Å². The van der Waals surface area contributed by atoms with Crippen LogP contribution in [0, 0.1) is 6.92 Å². The number of nitrogens with zero attached hydrogens (tertiary/aromatic N) is 1. The average Bonchev–Trinajstić information content (AvgIpc) is 2.87. The number of aromatic nitrogens is 2. The van der Waals surface area contributed by atoms with Crippen molar-refractivity contribution in [1.82, 2.24) is 15.5 Å². The Balaban J connectivity index is 1.66. The number of amides is 1. The van der Waals surface area contributed by atoms with E-state index in [-0.39, 0.29) is 11.9 Å². The van der Waals surface area contributed by atoms with Crippen LogP contribution in [0.1, 0.15) is 33.6 Å². The van der Waals surface area contributed by atoms with Gasteiger partial charge in [-0.05, 0) is 37.5 Å². The van der Waals surface area contributed by atoms with Crippen LogP contribution in [0.2, 0.25) is 0 Å². The number of carbonyl (C=O) groups excluding carboxylic acids is 1. The molecule has 3 rings (SSSR count). The molecule has 98 valence electrons. The van der Waals surface area contributed by atoms with E-state index < -0.39 is 0 Å². The fourth-order valence-electron chi connectivity index (χ4n) is 2.51. The number of benzene rings is 1. The van der Waals surface area contributed by atoms with Gasteiger partial charge in [-0.2, -0.15) is 5.10 Å². The van der Waals surface area contributed by atoms with Crippen LogP contribution in [0.25, 0.3) is 0 Å². The summed E-state index contributed by atoms with van der Waals surface area (Å²) in [6.07, 6.45) is 4.68. The van der Waals surface area contributed by atoms with Crippen molar-refractivity contribution in [2.45, 2.75) is 32.2 Å². The molecular formula is C15H17N3O. The van der Waals surface area contributed by atoms with Crippen molar-refractivity contribution in [2.75, 3.05) is 0 Å². The van der Waals surface area contributed by atoms with Gasteiger partial charge in [0.25, 0.3) is 5.91 Å². The van der Waals surface area contributed by atoms with Crippen LogP contribution in [0.5, 0.6) is 0 Å². The van der Waals surface area contributed by atoms with Crippen molar-refractivity contribution in [3.8, 4) is 0 Å². The molecule has 0 saturated heterocycles. The first-order valence-electron chi connectivity index (χ1n) is 6.61. The first-order valence-corrected chi connectivity index (χ1v) is 6.61. The van der Waals surface area contributed by atoms with Gasteiger partial charge in [0.2, 0.25) is 0 Å². The van der Waals surface area contributed by atoms with Crippen LogP contribution in [-0.4, -0.2) is 22.1 Å². The van der Waals surface area contributed by atoms with Crippen LogP contribution in [0.3, 0.4) is 0 Å². The number of carbonyl (C=O) groups is 1. The molecule has 1 aromatic heterocycles. The van der Waals surface area contributed by atoms with Gasteiger partial charge in [0.1, 0.15) is 0 Å². The molecule has 1 atom stereocenters. The minimum Gasteiger partial charge on any atom is -0.349 e. The summed E-state index contributed by atoms with van der Waals surface area (Å²) >= 11 is 0. The second-order valence-corrected chi connectivity index (χ2v) is 5.15. The highest BCUT2D eigenvalue weighted by molar-refractivity contribution is 5.94. The van der Waals surface area contributed by atoms with Gasteiger partial charge >= 0.3 is 0 Å². The third-order valence-corrected chi connectivity index (χ3v) is 3.67. The van der Waals surface area contributed by atoms with E-state index in [9.17, 15) is 4.79 Å². The number of aromatic amines is 1. The quantitative estimate of drug-likeness (QED) is 0.862. The summed E-state index contributed by atoms with van der Waals surface area (Å²) in [4.78, 5) is 12.1. The Morgan fingerprint density at radius 2 is 2.16 bits per heavy atom. The number of rotatable bonds is 2. The zero-order valence-corrected chi connectivity index (χ0v) is 10.9. The lowest BCUT2D eigenvalue weighted by atomic mass is 9.93. The predicted molar refractivity (Wildman–Crippen MR) is 73.0 cm³/mol. The van der Waals surface area contributed by atoms with Gasteiger partial charge in [0.05, 0.1) is 6.20 Å². The summed E-state index contributed by atoms with van der Waals surface area (Å²) in [7, 11) is 0. The lowest BCUT2D eigenvalue weighted by molar-refractivity contribution is 0.0933. The molecule has 0 fully saturated rings. The van der Waals surface area contributed by atoms with Crippen molar-refractivity contribution >= 4 is 5.91 Å². The molecule has 2 N–H and O–H groups in total. The molecule has 0 spiro atoms. The van der Waals surface area contributed by atoms with Crippen molar-refractivity contribution in [3.05, 3.63) is 52.8 Å². The molecule has 1 amide bonds. The zero-order valence-electron chi connectivity index (χ0n) is 10.9. The highest BCUT2D eigenvalue weighted by Crippen LogP contribution is 2.19. The van der Waals surface area contributed by atoms with E-state index in [1.807, 2.05) is 37.4 Å². The molecule has 0 radical (unpaired) electrons. The first kappa shape index (κ1) is 12.0. The Morgan fingerprint density at radius 3 is 2.95 bits per heavy atom. The second kappa shape index (κ2) is 4.88. The van der Waals surface area contributed by atoms with Crippen LogP contribution >= 0.6 is 0 Å². The summed E-state index contributed by atoms with van der Waals surface area (Å²) in [5.41, 5.74) is 4.32. The van der Waals surface area contributed by atoms with Gasteiger partial charge < -0.3 is 5.32 Å². The summed E-state index contributed by atoms with van der Waals surface area (Å²) in [5, 5.41) is 10.2. The summed E-state index contributed by atoms with van der Waals surface area (Å²) in [5.74, 6) is 0.00738. The maximum Gasteiger partial charge on any atom is 0.251 e. The maximum absolute atomic E-state index is 12.1. The third kappa shape index (κ3) is 2.52.